The van der Waals surface area contributed by atoms with Gasteiger partial charge in [0.25, 0.3) is 0 Å². The van der Waals surface area contributed by atoms with Crippen LogP contribution in [-0.2, 0) is 19.1 Å². The van der Waals surface area contributed by atoms with Crippen LogP contribution >= 0.6 is 0 Å². The monoisotopic (exact) mass is 546 g/mol. The third kappa shape index (κ3) is 12.1. The summed E-state index contributed by atoms with van der Waals surface area (Å²) in [6, 6.07) is 4.72. The van der Waals surface area contributed by atoms with Gasteiger partial charge in [0.05, 0.1) is 6.42 Å². The van der Waals surface area contributed by atoms with Crippen LogP contribution in [0.3, 0.4) is 0 Å². The minimum Gasteiger partial charge on any atom is -0.444 e. The fraction of sp³-hybridized carbons (Fsp3) is 0.667. The number of aryl methyl sites for hydroxylation is 1. The molecule has 4 N–H and O–H groups in total. The Morgan fingerprint density at radius 3 is 2.15 bits per heavy atom. The van der Waals surface area contributed by atoms with E-state index in [1.54, 1.807) is 20.8 Å². The lowest BCUT2D eigenvalue weighted by molar-refractivity contribution is -0.146. The molecule has 4 unspecified atom stereocenters. The van der Waals surface area contributed by atoms with Crippen molar-refractivity contribution in [2.45, 2.75) is 124 Å². The van der Waals surface area contributed by atoms with Crippen molar-refractivity contribution in [2.24, 2.45) is 11.7 Å². The molecule has 4 atom stereocenters. The SMILES string of the molecule is CCCC(C)NC(=O)C(c1cccc(C)c1)N(C(=O)C(CC(N)=O)NC(=O)OC(C)(C)C)C(C)CCC(C)C. The molecule has 0 fully saturated rings. The summed E-state index contributed by atoms with van der Waals surface area (Å²) < 4.78 is 5.35. The Kier molecular flexibility index (Phi) is 13.5. The fourth-order valence-electron chi connectivity index (χ4n) is 4.45. The quantitative estimate of drug-likeness (QED) is 0.310. The molecular formula is C30H50N4O5. The predicted molar refractivity (Wildman–Crippen MR) is 154 cm³/mol. The number of ether oxygens (including phenoxy) is 1. The number of hydrogen-bond acceptors (Lipinski definition) is 5. The number of rotatable bonds is 14. The van der Waals surface area contributed by atoms with E-state index in [0.29, 0.717) is 17.9 Å². The summed E-state index contributed by atoms with van der Waals surface area (Å²) in [5, 5.41) is 5.61. The Labute approximate surface area is 234 Å². The standard InChI is InChI=1S/C30H50N4O5/c1-10-12-21(5)32-27(36)26(23-14-11-13-20(4)17-23)34(22(6)16-15-19(2)3)28(37)24(18-25(31)35)33-29(38)39-30(7,8)9/h11,13-14,17,19,21-22,24,26H,10,12,15-16,18H2,1-9H3,(H2,31,35)(H,32,36)(H,33,38). The lowest BCUT2D eigenvalue weighted by Crippen LogP contribution is -2.56. The molecule has 1 aromatic rings. The van der Waals surface area contributed by atoms with E-state index in [2.05, 4.69) is 24.5 Å². The lowest BCUT2D eigenvalue weighted by atomic mass is 9.95. The first-order valence-electron chi connectivity index (χ1n) is 14.0. The van der Waals surface area contributed by atoms with Crippen molar-refractivity contribution in [1.29, 1.82) is 0 Å². The minimum atomic E-state index is -1.30. The number of nitrogens with two attached hydrogens (primary N) is 1. The Morgan fingerprint density at radius 2 is 1.64 bits per heavy atom. The molecule has 1 rings (SSSR count). The Morgan fingerprint density at radius 1 is 1.00 bits per heavy atom. The van der Waals surface area contributed by atoms with Gasteiger partial charge >= 0.3 is 6.09 Å². The van der Waals surface area contributed by atoms with Crippen LogP contribution < -0.4 is 16.4 Å². The lowest BCUT2D eigenvalue weighted by Gasteiger charge is -2.39. The van der Waals surface area contributed by atoms with Gasteiger partial charge in [-0.3, -0.25) is 14.4 Å². The van der Waals surface area contributed by atoms with Crippen molar-refractivity contribution < 1.29 is 23.9 Å². The van der Waals surface area contributed by atoms with Gasteiger partial charge < -0.3 is 26.0 Å². The Bertz CT molecular complexity index is 972. The zero-order valence-corrected chi connectivity index (χ0v) is 25.3. The van der Waals surface area contributed by atoms with E-state index in [0.717, 1.165) is 24.8 Å². The molecule has 220 valence electrons. The van der Waals surface area contributed by atoms with E-state index < -0.39 is 42.0 Å². The molecule has 0 bridgehead atoms. The molecule has 0 radical (unpaired) electrons. The maximum absolute atomic E-state index is 14.2. The van der Waals surface area contributed by atoms with Crippen LogP contribution in [0.2, 0.25) is 0 Å². The highest BCUT2D eigenvalue weighted by atomic mass is 16.6. The number of nitrogens with zero attached hydrogens (tertiary/aromatic N) is 1. The highest BCUT2D eigenvalue weighted by molar-refractivity contribution is 5.94. The number of nitrogens with one attached hydrogen (secondary N) is 2. The molecule has 0 aliphatic rings. The molecular weight excluding hydrogens is 496 g/mol. The van der Waals surface area contributed by atoms with Crippen LogP contribution in [0.1, 0.15) is 105 Å². The van der Waals surface area contributed by atoms with E-state index in [1.807, 2.05) is 52.0 Å². The first-order chi connectivity index (χ1) is 18.0. The Balaban J connectivity index is 3.64. The second-order valence-corrected chi connectivity index (χ2v) is 11.9. The van der Waals surface area contributed by atoms with Crippen molar-refractivity contribution >= 4 is 23.8 Å². The van der Waals surface area contributed by atoms with Crippen LogP contribution in [0, 0.1) is 12.8 Å². The summed E-state index contributed by atoms with van der Waals surface area (Å²) in [6.45, 7) is 17.1. The summed E-state index contributed by atoms with van der Waals surface area (Å²) in [4.78, 5) is 54.3. The molecule has 1 aromatic carbocycles. The maximum atomic E-state index is 14.2. The molecule has 0 saturated heterocycles. The smallest absolute Gasteiger partial charge is 0.408 e. The molecule has 39 heavy (non-hydrogen) atoms. The molecule has 0 aliphatic carbocycles. The Hall–Kier alpha value is -3.10. The first kappa shape index (κ1) is 33.9. The largest absolute Gasteiger partial charge is 0.444 e. The number of benzene rings is 1. The van der Waals surface area contributed by atoms with Crippen LogP contribution in [0.25, 0.3) is 0 Å². The van der Waals surface area contributed by atoms with Crippen molar-refractivity contribution in [2.75, 3.05) is 0 Å². The van der Waals surface area contributed by atoms with Gasteiger partial charge in [-0.15, -0.1) is 0 Å². The summed E-state index contributed by atoms with van der Waals surface area (Å²) >= 11 is 0. The van der Waals surface area contributed by atoms with Gasteiger partial charge in [-0.05, 0) is 72.3 Å². The highest BCUT2D eigenvalue weighted by Gasteiger charge is 2.39. The molecule has 9 nitrogen and oxygen atoms in total. The fourth-order valence-corrected chi connectivity index (χ4v) is 4.45. The average molecular weight is 547 g/mol. The van der Waals surface area contributed by atoms with E-state index >= 15 is 0 Å². The normalized spacial score (nSPS) is 14.6. The third-order valence-electron chi connectivity index (χ3n) is 6.28. The number of alkyl carbamates (subject to hydrolysis) is 1. The summed E-state index contributed by atoms with van der Waals surface area (Å²) in [7, 11) is 0. The van der Waals surface area contributed by atoms with E-state index in [-0.39, 0.29) is 18.0 Å². The maximum Gasteiger partial charge on any atom is 0.408 e. The van der Waals surface area contributed by atoms with Crippen molar-refractivity contribution in [3.05, 3.63) is 35.4 Å². The van der Waals surface area contributed by atoms with Gasteiger partial charge in [0.1, 0.15) is 17.7 Å². The van der Waals surface area contributed by atoms with E-state index in [1.165, 1.54) is 4.90 Å². The molecule has 0 aromatic heterocycles. The summed E-state index contributed by atoms with van der Waals surface area (Å²) in [5.74, 6) is -1.27. The van der Waals surface area contributed by atoms with Gasteiger partial charge in [0, 0.05) is 12.1 Å². The van der Waals surface area contributed by atoms with Gasteiger partial charge in [0.2, 0.25) is 17.7 Å². The molecule has 4 amide bonds. The number of carbonyl (C=O) groups excluding carboxylic acids is 4. The molecule has 0 aliphatic heterocycles. The van der Waals surface area contributed by atoms with Crippen LogP contribution in [0.4, 0.5) is 4.79 Å². The van der Waals surface area contributed by atoms with Crippen LogP contribution in [0.15, 0.2) is 24.3 Å². The number of carbonyl (C=O) groups is 4. The van der Waals surface area contributed by atoms with Crippen molar-refractivity contribution in [1.82, 2.24) is 15.5 Å². The topological polar surface area (TPSA) is 131 Å². The molecule has 0 spiro atoms. The molecule has 0 saturated carbocycles. The van der Waals surface area contributed by atoms with E-state index in [4.69, 9.17) is 10.5 Å². The number of primary amides is 1. The minimum absolute atomic E-state index is 0.0981. The second-order valence-electron chi connectivity index (χ2n) is 11.9. The van der Waals surface area contributed by atoms with Gasteiger partial charge in [-0.1, -0.05) is 57.0 Å². The van der Waals surface area contributed by atoms with Gasteiger partial charge in [-0.25, -0.2) is 4.79 Å². The predicted octanol–water partition coefficient (Wildman–Crippen LogP) is 4.76. The molecule has 0 heterocycles. The number of hydrogen-bond donors (Lipinski definition) is 3. The third-order valence-corrected chi connectivity index (χ3v) is 6.28. The van der Waals surface area contributed by atoms with Gasteiger partial charge in [0.15, 0.2) is 0 Å². The zero-order valence-electron chi connectivity index (χ0n) is 25.3. The van der Waals surface area contributed by atoms with Crippen molar-refractivity contribution in [3.63, 3.8) is 0 Å². The van der Waals surface area contributed by atoms with Gasteiger partial charge in [-0.2, -0.15) is 0 Å². The summed E-state index contributed by atoms with van der Waals surface area (Å²) in [5.41, 5.74) is 6.27. The second kappa shape index (κ2) is 15.5. The summed E-state index contributed by atoms with van der Waals surface area (Å²) in [6.07, 6.45) is 1.85. The number of amides is 4. The highest BCUT2D eigenvalue weighted by Crippen LogP contribution is 2.29. The average Bonchev–Trinajstić information content (AvgIpc) is 2.78. The molecule has 9 heteroatoms. The van der Waals surface area contributed by atoms with E-state index in [9.17, 15) is 19.2 Å². The van der Waals surface area contributed by atoms with Crippen molar-refractivity contribution in [3.8, 4) is 0 Å². The first-order valence-corrected chi connectivity index (χ1v) is 14.0. The van der Waals surface area contributed by atoms with Crippen LogP contribution in [0.5, 0.6) is 0 Å². The van der Waals surface area contributed by atoms with Crippen LogP contribution in [-0.4, -0.2) is 52.4 Å². The zero-order chi connectivity index (χ0) is 29.9.